The molecule has 2 heterocycles. The first-order valence-corrected chi connectivity index (χ1v) is 8.18. The van der Waals surface area contributed by atoms with Crippen molar-refractivity contribution in [3.63, 3.8) is 0 Å². The largest absolute Gasteiger partial charge is 1.00 e. The van der Waals surface area contributed by atoms with Gasteiger partial charge in [-0.25, -0.2) is 4.79 Å². The molecule has 0 radical (unpaired) electrons. The lowest BCUT2D eigenvalue weighted by Gasteiger charge is -2.26. The van der Waals surface area contributed by atoms with Crippen molar-refractivity contribution in [3.8, 4) is 5.75 Å². The second kappa shape index (κ2) is 6.22. The lowest BCUT2D eigenvalue weighted by molar-refractivity contribution is -0.871. The second-order valence-corrected chi connectivity index (χ2v) is 7.90. The van der Waals surface area contributed by atoms with Crippen molar-refractivity contribution in [2.45, 2.75) is 19.8 Å². The highest BCUT2D eigenvalue weighted by molar-refractivity contribution is 9.10. The van der Waals surface area contributed by atoms with Crippen molar-refractivity contribution in [1.29, 1.82) is 0 Å². The van der Waals surface area contributed by atoms with Crippen molar-refractivity contribution in [2.24, 2.45) is 0 Å². The van der Waals surface area contributed by atoms with Crippen LogP contribution < -0.4 is 27.3 Å². The Morgan fingerprint density at radius 2 is 1.91 bits per heavy atom. The summed E-state index contributed by atoms with van der Waals surface area (Å²) in [6, 6.07) is 2.13. The zero-order chi connectivity index (χ0) is 16.2. The summed E-state index contributed by atoms with van der Waals surface area (Å²) < 4.78 is 12.8. The van der Waals surface area contributed by atoms with Crippen LogP contribution in [-0.2, 0) is 0 Å². The van der Waals surface area contributed by atoms with E-state index >= 15 is 0 Å². The molecule has 3 rings (SSSR count). The van der Waals surface area contributed by atoms with Crippen LogP contribution in [0.3, 0.4) is 0 Å². The first kappa shape index (κ1) is 18.5. The number of ether oxygens (including phenoxy) is 1. The molecule has 6 heteroatoms. The van der Waals surface area contributed by atoms with Gasteiger partial charge in [0, 0.05) is 16.5 Å². The van der Waals surface area contributed by atoms with Gasteiger partial charge in [0.15, 0.2) is 0 Å². The Morgan fingerprint density at radius 1 is 1.26 bits per heavy atom. The standard InChI is InChI=1S/C17H21BrNO3.BrH/c1-9-12-6-13-11(7-19(3,4)5)8-21-15(13)10(2)16(12)22-17(20)14(9)18;/h6,11H,7-8H2,1-5H3;1H/q+1;/p-1. The molecule has 0 N–H and O–H groups in total. The van der Waals surface area contributed by atoms with Crippen LogP contribution in [0.15, 0.2) is 19.8 Å². The van der Waals surface area contributed by atoms with E-state index in [2.05, 4.69) is 43.1 Å². The SMILES string of the molecule is Cc1c(Br)c(=O)oc2c(C)c3c(cc12)C(C[N+](C)(C)C)CO3.[Br-]. The maximum atomic E-state index is 11.9. The molecular weight excluding hydrogens is 426 g/mol. The van der Waals surface area contributed by atoms with Gasteiger partial charge in [0.1, 0.15) is 22.4 Å². The number of rotatable bonds is 2. The number of quaternary nitrogens is 1. The van der Waals surface area contributed by atoms with E-state index in [0.29, 0.717) is 22.6 Å². The van der Waals surface area contributed by atoms with E-state index in [1.165, 1.54) is 5.56 Å². The number of hydrogen-bond acceptors (Lipinski definition) is 3. The summed E-state index contributed by atoms with van der Waals surface area (Å²) in [4.78, 5) is 11.9. The molecular formula is C17H21Br2NO3. The lowest BCUT2D eigenvalue weighted by atomic mass is 9.95. The monoisotopic (exact) mass is 445 g/mol. The van der Waals surface area contributed by atoms with Crippen LogP contribution in [0.2, 0.25) is 0 Å². The minimum absolute atomic E-state index is 0. The van der Waals surface area contributed by atoms with Gasteiger partial charge in [-0.15, -0.1) is 0 Å². The molecule has 0 saturated heterocycles. The molecule has 1 aliphatic heterocycles. The van der Waals surface area contributed by atoms with Crippen LogP contribution in [0, 0.1) is 13.8 Å². The summed E-state index contributed by atoms with van der Waals surface area (Å²) in [7, 11) is 6.56. The molecule has 1 aromatic heterocycles. The third-order valence-electron chi connectivity index (χ3n) is 4.23. The summed E-state index contributed by atoms with van der Waals surface area (Å²) in [6.07, 6.45) is 0. The number of benzene rings is 1. The van der Waals surface area contributed by atoms with Gasteiger partial charge in [0.2, 0.25) is 0 Å². The van der Waals surface area contributed by atoms with Crippen LogP contribution in [0.4, 0.5) is 0 Å². The van der Waals surface area contributed by atoms with Gasteiger partial charge in [0.05, 0.1) is 33.6 Å². The zero-order valence-corrected chi connectivity index (χ0v) is 17.2. The molecule has 1 aromatic carbocycles. The third-order valence-corrected chi connectivity index (χ3v) is 5.15. The van der Waals surface area contributed by atoms with Crippen LogP contribution in [0.1, 0.15) is 22.6 Å². The Labute approximate surface area is 154 Å². The Hall–Kier alpha value is -0.850. The highest BCUT2D eigenvalue weighted by atomic mass is 79.9. The first-order chi connectivity index (χ1) is 10.2. The van der Waals surface area contributed by atoms with Crippen molar-refractivity contribution in [3.05, 3.63) is 37.6 Å². The number of likely N-dealkylation sites (N-methyl/N-ethyl adjacent to an activating group) is 1. The fourth-order valence-electron chi connectivity index (χ4n) is 3.21. The Bertz CT molecular complexity index is 821. The van der Waals surface area contributed by atoms with Crippen LogP contribution in [0.5, 0.6) is 5.75 Å². The quantitative estimate of drug-likeness (QED) is 0.494. The molecule has 0 aliphatic carbocycles. The lowest BCUT2D eigenvalue weighted by Crippen LogP contribution is -3.00. The van der Waals surface area contributed by atoms with Gasteiger partial charge in [-0.3, -0.25) is 0 Å². The molecule has 23 heavy (non-hydrogen) atoms. The summed E-state index contributed by atoms with van der Waals surface area (Å²) >= 11 is 3.33. The average Bonchev–Trinajstić information content (AvgIpc) is 2.79. The minimum Gasteiger partial charge on any atom is -1.00 e. The van der Waals surface area contributed by atoms with Gasteiger partial charge in [-0.1, -0.05) is 0 Å². The molecule has 2 aromatic rings. The molecule has 0 saturated carbocycles. The van der Waals surface area contributed by atoms with Crippen molar-refractivity contribution in [1.82, 2.24) is 0 Å². The topological polar surface area (TPSA) is 39.4 Å². The molecule has 126 valence electrons. The Balaban J connectivity index is 0.00000192. The van der Waals surface area contributed by atoms with E-state index in [-0.39, 0.29) is 22.6 Å². The molecule has 0 fully saturated rings. The minimum atomic E-state index is -0.339. The third kappa shape index (κ3) is 3.21. The highest BCUT2D eigenvalue weighted by Crippen LogP contribution is 2.42. The zero-order valence-electron chi connectivity index (χ0n) is 14.0. The van der Waals surface area contributed by atoms with Gasteiger partial charge >= 0.3 is 5.63 Å². The number of aryl methyl sites for hydroxylation is 2. The second-order valence-electron chi connectivity index (χ2n) is 7.11. The fraction of sp³-hybridized carbons (Fsp3) is 0.471. The normalized spacial score (nSPS) is 16.9. The Kier molecular flexibility index (Phi) is 5.00. The molecule has 0 bridgehead atoms. The average molecular weight is 447 g/mol. The van der Waals surface area contributed by atoms with E-state index in [1.54, 1.807) is 0 Å². The van der Waals surface area contributed by atoms with Gasteiger partial charge in [-0.2, -0.15) is 0 Å². The maximum absolute atomic E-state index is 11.9. The maximum Gasteiger partial charge on any atom is 0.350 e. The van der Waals surface area contributed by atoms with E-state index in [4.69, 9.17) is 9.15 Å². The van der Waals surface area contributed by atoms with E-state index in [1.807, 2.05) is 13.8 Å². The fourth-order valence-corrected chi connectivity index (χ4v) is 3.50. The summed E-state index contributed by atoms with van der Waals surface area (Å²) in [5, 5.41) is 0.986. The van der Waals surface area contributed by atoms with Crippen LogP contribution in [0.25, 0.3) is 11.0 Å². The van der Waals surface area contributed by atoms with E-state index in [9.17, 15) is 4.79 Å². The van der Waals surface area contributed by atoms with Gasteiger partial charge in [-0.05, 0) is 41.4 Å². The van der Waals surface area contributed by atoms with Crippen LogP contribution >= 0.6 is 15.9 Å². The predicted octanol–water partition coefficient (Wildman–Crippen LogP) is 0.359. The summed E-state index contributed by atoms with van der Waals surface area (Å²) in [5.74, 6) is 1.25. The smallest absolute Gasteiger partial charge is 0.350 e. The van der Waals surface area contributed by atoms with Crippen LogP contribution in [-0.4, -0.2) is 38.8 Å². The Morgan fingerprint density at radius 3 is 2.52 bits per heavy atom. The number of hydrogen-bond donors (Lipinski definition) is 0. The van der Waals surface area contributed by atoms with Gasteiger partial charge < -0.3 is 30.6 Å². The molecule has 4 nitrogen and oxygen atoms in total. The van der Waals surface area contributed by atoms with Gasteiger partial charge in [0.25, 0.3) is 0 Å². The molecule has 1 unspecified atom stereocenters. The predicted molar refractivity (Wildman–Crippen MR) is 90.8 cm³/mol. The molecule has 1 atom stereocenters. The van der Waals surface area contributed by atoms with Crippen molar-refractivity contribution < 1.29 is 30.6 Å². The number of halogens is 2. The number of nitrogens with zero attached hydrogens (tertiary/aromatic N) is 1. The summed E-state index contributed by atoms with van der Waals surface area (Å²) in [6.45, 7) is 5.60. The summed E-state index contributed by atoms with van der Waals surface area (Å²) in [5.41, 5.74) is 3.36. The molecule has 1 aliphatic rings. The van der Waals surface area contributed by atoms with Crippen molar-refractivity contribution in [2.75, 3.05) is 34.3 Å². The van der Waals surface area contributed by atoms with E-state index < -0.39 is 0 Å². The number of fused-ring (bicyclic) bond motifs is 2. The molecule has 0 amide bonds. The first-order valence-electron chi connectivity index (χ1n) is 7.38. The highest BCUT2D eigenvalue weighted by Gasteiger charge is 2.32. The molecule has 0 spiro atoms. The van der Waals surface area contributed by atoms with E-state index in [0.717, 1.165) is 33.3 Å². The van der Waals surface area contributed by atoms with Crippen molar-refractivity contribution >= 4 is 26.9 Å².